The first-order chi connectivity index (χ1) is 15.0. The van der Waals surface area contributed by atoms with Crippen LogP contribution in [-0.4, -0.2) is 38.8 Å². The molecule has 0 bridgehead atoms. The molecule has 0 fully saturated rings. The highest BCUT2D eigenvalue weighted by atomic mass is 32.2. The Morgan fingerprint density at radius 3 is 2.74 bits per heavy atom. The molecular weight excluding hydrogens is 422 g/mol. The molecule has 0 aliphatic carbocycles. The van der Waals surface area contributed by atoms with E-state index in [-0.39, 0.29) is 19.1 Å². The fourth-order valence-corrected chi connectivity index (χ4v) is 3.92. The number of aromatic nitrogens is 3. The Balaban J connectivity index is 1.72. The topological polar surface area (TPSA) is 79.5 Å². The van der Waals surface area contributed by atoms with E-state index in [2.05, 4.69) is 15.5 Å². The molecule has 2 aromatic heterocycles. The molecule has 0 spiro atoms. The van der Waals surface area contributed by atoms with E-state index in [0.29, 0.717) is 26.8 Å². The maximum absolute atomic E-state index is 14.0. The normalized spacial score (nSPS) is 11.1. The van der Waals surface area contributed by atoms with Gasteiger partial charge in [0, 0.05) is 39.7 Å². The molecule has 0 aliphatic heterocycles. The number of aliphatic hydroxyl groups excluding tert-OH is 1. The summed E-state index contributed by atoms with van der Waals surface area (Å²) < 4.78 is 29.0. The van der Waals surface area contributed by atoms with Gasteiger partial charge in [-0.3, -0.25) is 9.20 Å². The zero-order valence-corrected chi connectivity index (χ0v) is 17.3. The minimum Gasteiger partial charge on any atom is -0.395 e. The van der Waals surface area contributed by atoms with Crippen molar-refractivity contribution in [1.82, 2.24) is 19.9 Å². The second-order valence-electron chi connectivity index (χ2n) is 6.80. The number of hydrogen-bond donors (Lipinski definition) is 2. The van der Waals surface area contributed by atoms with Crippen LogP contribution in [0.5, 0.6) is 0 Å². The third-order valence-corrected chi connectivity index (χ3v) is 5.66. The number of rotatable bonds is 6. The Labute approximate surface area is 180 Å². The number of nitrogens with zero attached hydrogens (tertiary/aromatic N) is 3. The van der Waals surface area contributed by atoms with Crippen molar-refractivity contribution in [3.8, 4) is 11.4 Å². The molecule has 9 heteroatoms. The quantitative estimate of drug-likeness (QED) is 0.476. The van der Waals surface area contributed by atoms with Crippen LogP contribution in [0.15, 0.2) is 64.5 Å². The summed E-state index contributed by atoms with van der Waals surface area (Å²) in [5.41, 5.74) is 2.65. The van der Waals surface area contributed by atoms with Crippen LogP contribution in [0.25, 0.3) is 17.0 Å². The molecule has 4 rings (SSSR count). The number of hydrogen-bond acceptors (Lipinski definition) is 5. The van der Waals surface area contributed by atoms with Crippen LogP contribution < -0.4 is 5.32 Å². The molecule has 31 heavy (non-hydrogen) atoms. The van der Waals surface area contributed by atoms with Gasteiger partial charge >= 0.3 is 0 Å². The summed E-state index contributed by atoms with van der Waals surface area (Å²) in [6.45, 7) is 1.92. The Bertz CT molecular complexity index is 1280. The van der Waals surface area contributed by atoms with E-state index in [1.165, 1.54) is 12.1 Å². The molecule has 6 nitrogen and oxygen atoms in total. The predicted octanol–water partition coefficient (Wildman–Crippen LogP) is 3.86. The lowest BCUT2D eigenvalue weighted by molar-refractivity contribution is 0.0945. The Kier molecular flexibility index (Phi) is 5.97. The van der Waals surface area contributed by atoms with Gasteiger partial charge < -0.3 is 10.4 Å². The van der Waals surface area contributed by atoms with Crippen molar-refractivity contribution in [2.45, 2.75) is 16.7 Å². The first kappa shape index (κ1) is 21.0. The van der Waals surface area contributed by atoms with Gasteiger partial charge in [0.25, 0.3) is 5.91 Å². The highest BCUT2D eigenvalue weighted by Crippen LogP contribution is 2.32. The fraction of sp³-hybridized carbons (Fsp3) is 0.136. The number of aliphatic hydroxyl groups is 1. The Morgan fingerprint density at radius 2 is 1.97 bits per heavy atom. The molecule has 0 atom stereocenters. The van der Waals surface area contributed by atoms with Crippen molar-refractivity contribution in [3.63, 3.8) is 0 Å². The van der Waals surface area contributed by atoms with E-state index >= 15 is 0 Å². The van der Waals surface area contributed by atoms with E-state index in [4.69, 9.17) is 5.11 Å². The number of carbonyl (C=O) groups excluding carboxylic acids is 1. The van der Waals surface area contributed by atoms with E-state index in [1.54, 1.807) is 34.9 Å². The number of aryl methyl sites for hydroxylation is 1. The van der Waals surface area contributed by atoms with Gasteiger partial charge in [0.05, 0.1) is 6.61 Å². The first-order valence-electron chi connectivity index (χ1n) is 9.44. The summed E-state index contributed by atoms with van der Waals surface area (Å²) in [5, 5.41) is 20.0. The molecule has 0 radical (unpaired) electrons. The minimum atomic E-state index is -0.633. The number of fused-ring (bicyclic) bond motifs is 1. The Hall–Kier alpha value is -3.30. The average molecular weight is 440 g/mol. The summed E-state index contributed by atoms with van der Waals surface area (Å²) in [4.78, 5) is 13.3. The van der Waals surface area contributed by atoms with E-state index in [0.717, 1.165) is 29.0 Å². The first-order valence-corrected chi connectivity index (χ1v) is 10.3. The average Bonchev–Trinajstić information content (AvgIpc) is 3.17. The van der Waals surface area contributed by atoms with E-state index in [9.17, 15) is 13.6 Å². The second kappa shape index (κ2) is 8.83. The van der Waals surface area contributed by atoms with Gasteiger partial charge in [-0.05, 0) is 48.9 Å². The van der Waals surface area contributed by atoms with Crippen LogP contribution >= 0.6 is 11.8 Å². The van der Waals surface area contributed by atoms with Crippen LogP contribution in [0.4, 0.5) is 8.78 Å². The molecule has 0 saturated heterocycles. The van der Waals surface area contributed by atoms with Crippen molar-refractivity contribution in [1.29, 1.82) is 0 Å². The maximum atomic E-state index is 14.0. The number of halogens is 2. The lowest BCUT2D eigenvalue weighted by Crippen LogP contribution is -2.26. The molecule has 2 heterocycles. The third kappa shape index (κ3) is 4.42. The maximum Gasteiger partial charge on any atom is 0.251 e. The molecular formula is C22H18F2N4O2S. The lowest BCUT2D eigenvalue weighted by atomic mass is 10.0. The van der Waals surface area contributed by atoms with Gasteiger partial charge in [-0.2, -0.15) is 0 Å². The largest absolute Gasteiger partial charge is 0.395 e. The van der Waals surface area contributed by atoms with Crippen molar-refractivity contribution >= 4 is 23.3 Å². The number of nitrogens with one attached hydrogen (secondary N) is 1. The van der Waals surface area contributed by atoms with Gasteiger partial charge in [0.2, 0.25) is 0 Å². The number of pyridine rings is 1. The number of carbonyl (C=O) groups is 1. The molecule has 2 N–H and O–H groups in total. The van der Waals surface area contributed by atoms with Crippen LogP contribution in [0, 0.1) is 18.6 Å². The van der Waals surface area contributed by atoms with Gasteiger partial charge in [0.15, 0.2) is 11.5 Å². The zero-order valence-electron chi connectivity index (χ0n) is 16.5. The zero-order chi connectivity index (χ0) is 22.0. The van der Waals surface area contributed by atoms with Crippen LogP contribution in [0.2, 0.25) is 0 Å². The summed E-state index contributed by atoms with van der Waals surface area (Å²) in [7, 11) is 0. The van der Waals surface area contributed by atoms with Crippen LogP contribution in [-0.2, 0) is 0 Å². The van der Waals surface area contributed by atoms with Gasteiger partial charge in [0.1, 0.15) is 11.6 Å². The van der Waals surface area contributed by atoms with E-state index in [1.807, 2.05) is 13.0 Å². The molecule has 1 amide bonds. The molecule has 0 saturated carbocycles. The number of benzene rings is 2. The van der Waals surface area contributed by atoms with Crippen molar-refractivity contribution in [3.05, 3.63) is 77.5 Å². The SMILES string of the molecule is Cc1ccc(C(=O)NCCO)cc1-c1nnc2ccc(Sc3ccc(F)cc3F)cn12. The minimum absolute atomic E-state index is 0.144. The lowest BCUT2D eigenvalue weighted by Gasteiger charge is -2.09. The molecule has 158 valence electrons. The third-order valence-electron chi connectivity index (χ3n) is 4.63. The fourth-order valence-electron chi connectivity index (χ4n) is 3.08. The highest BCUT2D eigenvalue weighted by Gasteiger charge is 2.15. The van der Waals surface area contributed by atoms with Crippen LogP contribution in [0.3, 0.4) is 0 Å². The summed E-state index contributed by atoms with van der Waals surface area (Å²) in [6.07, 6.45) is 1.77. The van der Waals surface area contributed by atoms with Crippen LogP contribution in [0.1, 0.15) is 15.9 Å². The van der Waals surface area contributed by atoms with Crippen molar-refractivity contribution in [2.24, 2.45) is 0 Å². The van der Waals surface area contributed by atoms with Crippen molar-refractivity contribution < 1.29 is 18.7 Å². The monoisotopic (exact) mass is 440 g/mol. The molecule has 2 aromatic carbocycles. The molecule has 4 aromatic rings. The molecule has 0 unspecified atom stereocenters. The highest BCUT2D eigenvalue weighted by molar-refractivity contribution is 7.99. The smallest absolute Gasteiger partial charge is 0.251 e. The van der Waals surface area contributed by atoms with Crippen molar-refractivity contribution in [2.75, 3.05) is 13.2 Å². The Morgan fingerprint density at radius 1 is 1.13 bits per heavy atom. The predicted molar refractivity (Wildman–Crippen MR) is 113 cm³/mol. The summed E-state index contributed by atoms with van der Waals surface area (Å²) in [6, 6.07) is 12.2. The summed E-state index contributed by atoms with van der Waals surface area (Å²) in [5.74, 6) is -1.03. The van der Waals surface area contributed by atoms with Gasteiger partial charge in [-0.15, -0.1) is 10.2 Å². The van der Waals surface area contributed by atoms with Gasteiger partial charge in [-0.25, -0.2) is 8.78 Å². The van der Waals surface area contributed by atoms with Gasteiger partial charge in [-0.1, -0.05) is 17.8 Å². The summed E-state index contributed by atoms with van der Waals surface area (Å²) >= 11 is 1.16. The second-order valence-corrected chi connectivity index (χ2v) is 7.92. The molecule has 0 aliphatic rings. The standard InChI is InChI=1S/C22H18F2N4O2S/c1-13-2-3-14(22(30)25-8-9-29)10-17(13)21-27-26-20-7-5-16(12-28(20)21)31-19-6-4-15(23)11-18(19)24/h2-7,10-12,29H,8-9H2,1H3,(H,25,30). The van der Waals surface area contributed by atoms with E-state index < -0.39 is 11.6 Å². The number of amides is 1.